The zero-order chi connectivity index (χ0) is 18.0. The van der Waals surface area contributed by atoms with Gasteiger partial charge in [-0.2, -0.15) is 0 Å². The van der Waals surface area contributed by atoms with Gasteiger partial charge >= 0.3 is 0 Å². The van der Waals surface area contributed by atoms with Crippen molar-refractivity contribution in [1.82, 2.24) is 16.2 Å². The molecule has 1 aromatic carbocycles. The van der Waals surface area contributed by atoms with Gasteiger partial charge in [-0.05, 0) is 54.4 Å². The second kappa shape index (κ2) is 7.70. The molecule has 0 saturated heterocycles. The summed E-state index contributed by atoms with van der Waals surface area (Å²) in [5.74, 6) is 1.13. The van der Waals surface area contributed by atoms with Gasteiger partial charge in [0.05, 0.1) is 4.88 Å². The molecule has 1 aromatic heterocycles. The standard InChI is InChI=1S/C19H25N3OS2/c1-11-7-6-9-15(12(11)2)20-19(24)22-21-18(23)17-13(3)14-8-4-5-10-16(14)25-17/h4-5,8,10-12,15H,6-7,9H2,1-3H3,(H,21,23)(H2,20,22,24)/t11-,12+,15+/m1/s1. The highest BCUT2D eigenvalue weighted by atomic mass is 32.1. The molecule has 1 fully saturated rings. The molecule has 6 heteroatoms. The second-order valence-electron chi connectivity index (χ2n) is 6.98. The number of carbonyl (C=O) groups excluding carboxylic acids is 1. The van der Waals surface area contributed by atoms with Crippen LogP contribution in [0.3, 0.4) is 0 Å². The lowest BCUT2D eigenvalue weighted by Gasteiger charge is -2.35. The zero-order valence-corrected chi connectivity index (χ0v) is 16.5. The number of amides is 1. The molecule has 4 nitrogen and oxygen atoms in total. The lowest BCUT2D eigenvalue weighted by atomic mass is 9.78. The zero-order valence-electron chi connectivity index (χ0n) is 14.9. The van der Waals surface area contributed by atoms with Gasteiger partial charge in [0.15, 0.2) is 5.11 Å². The van der Waals surface area contributed by atoms with Crippen LogP contribution in [-0.4, -0.2) is 17.1 Å². The van der Waals surface area contributed by atoms with Crippen LogP contribution >= 0.6 is 23.6 Å². The van der Waals surface area contributed by atoms with Gasteiger partial charge in [-0.25, -0.2) is 0 Å². The van der Waals surface area contributed by atoms with Gasteiger partial charge in [0.1, 0.15) is 0 Å². The molecule has 0 aliphatic heterocycles. The summed E-state index contributed by atoms with van der Waals surface area (Å²) >= 11 is 6.86. The van der Waals surface area contributed by atoms with Crippen LogP contribution in [0.5, 0.6) is 0 Å². The first-order valence-corrected chi connectivity index (χ1v) is 10.0. The lowest BCUT2D eigenvalue weighted by Crippen LogP contribution is -2.52. The van der Waals surface area contributed by atoms with Gasteiger partial charge in [-0.3, -0.25) is 15.6 Å². The molecular weight excluding hydrogens is 350 g/mol. The highest BCUT2D eigenvalue weighted by Gasteiger charge is 2.27. The predicted octanol–water partition coefficient (Wildman–Crippen LogP) is 4.14. The molecule has 0 bridgehead atoms. The Balaban J connectivity index is 1.58. The average molecular weight is 376 g/mol. The Morgan fingerprint density at radius 1 is 1.20 bits per heavy atom. The molecule has 3 atom stereocenters. The predicted molar refractivity (Wildman–Crippen MR) is 109 cm³/mol. The van der Waals surface area contributed by atoms with Crippen LogP contribution in [0.25, 0.3) is 10.1 Å². The third-order valence-electron chi connectivity index (χ3n) is 5.36. The lowest BCUT2D eigenvalue weighted by molar-refractivity contribution is 0.0947. The highest BCUT2D eigenvalue weighted by molar-refractivity contribution is 7.80. The Morgan fingerprint density at radius 2 is 1.96 bits per heavy atom. The van der Waals surface area contributed by atoms with Gasteiger partial charge in [0.2, 0.25) is 0 Å². The quantitative estimate of drug-likeness (QED) is 0.545. The van der Waals surface area contributed by atoms with Crippen LogP contribution in [0.15, 0.2) is 24.3 Å². The fourth-order valence-electron chi connectivity index (χ4n) is 3.55. The van der Waals surface area contributed by atoms with E-state index >= 15 is 0 Å². The van der Waals surface area contributed by atoms with Crippen molar-refractivity contribution >= 4 is 44.7 Å². The normalized spacial score (nSPS) is 23.2. The second-order valence-corrected chi connectivity index (χ2v) is 8.44. The summed E-state index contributed by atoms with van der Waals surface area (Å²) in [7, 11) is 0. The Morgan fingerprint density at radius 3 is 2.72 bits per heavy atom. The molecule has 0 spiro atoms. The summed E-state index contributed by atoms with van der Waals surface area (Å²) in [5.41, 5.74) is 6.60. The first kappa shape index (κ1) is 18.1. The topological polar surface area (TPSA) is 53.2 Å². The molecular formula is C19H25N3OS2. The van der Waals surface area contributed by atoms with E-state index in [9.17, 15) is 4.79 Å². The van der Waals surface area contributed by atoms with Gasteiger partial charge in [0.25, 0.3) is 5.91 Å². The smallest absolute Gasteiger partial charge is 0.280 e. The summed E-state index contributed by atoms with van der Waals surface area (Å²) in [6.07, 6.45) is 3.62. The van der Waals surface area contributed by atoms with Crippen LogP contribution < -0.4 is 16.2 Å². The highest BCUT2D eigenvalue weighted by Crippen LogP contribution is 2.30. The van der Waals surface area contributed by atoms with Crippen LogP contribution in [0.1, 0.15) is 48.3 Å². The fraction of sp³-hybridized carbons (Fsp3) is 0.474. The Kier molecular flexibility index (Phi) is 5.59. The van der Waals surface area contributed by atoms with Crippen LogP contribution in [0.4, 0.5) is 0 Å². The van der Waals surface area contributed by atoms with E-state index < -0.39 is 0 Å². The number of hydrogen-bond acceptors (Lipinski definition) is 3. The van der Waals surface area contributed by atoms with Crippen molar-refractivity contribution in [1.29, 1.82) is 0 Å². The van der Waals surface area contributed by atoms with Gasteiger partial charge in [0, 0.05) is 10.7 Å². The number of thiocarbonyl (C=S) groups is 1. The molecule has 0 unspecified atom stereocenters. The number of hydrazine groups is 1. The number of rotatable bonds is 2. The van der Waals surface area contributed by atoms with E-state index in [1.54, 1.807) is 0 Å². The van der Waals surface area contributed by atoms with E-state index in [0.29, 0.717) is 23.0 Å². The van der Waals surface area contributed by atoms with Crippen LogP contribution in [0, 0.1) is 18.8 Å². The molecule has 25 heavy (non-hydrogen) atoms. The SMILES string of the molecule is Cc1c(C(=O)NNC(=S)N[C@H]2CCC[C@@H](C)[C@@H]2C)sc2ccccc12. The minimum absolute atomic E-state index is 0.145. The first-order valence-electron chi connectivity index (χ1n) is 8.82. The third-order valence-corrected chi connectivity index (χ3v) is 6.85. The maximum absolute atomic E-state index is 12.5. The number of benzene rings is 1. The van der Waals surface area contributed by atoms with Crippen molar-refractivity contribution in [3.05, 3.63) is 34.7 Å². The number of carbonyl (C=O) groups is 1. The van der Waals surface area contributed by atoms with E-state index in [1.807, 2.05) is 31.2 Å². The van der Waals surface area contributed by atoms with Crippen LogP contribution in [-0.2, 0) is 0 Å². The van der Waals surface area contributed by atoms with Crippen molar-refractivity contribution in [2.45, 2.75) is 46.1 Å². The van der Waals surface area contributed by atoms with Crippen molar-refractivity contribution in [3.8, 4) is 0 Å². The number of thiophene rings is 1. The van der Waals surface area contributed by atoms with E-state index in [4.69, 9.17) is 12.2 Å². The molecule has 1 saturated carbocycles. The molecule has 1 heterocycles. The minimum atomic E-state index is -0.145. The Hall–Kier alpha value is -1.66. The monoisotopic (exact) mass is 375 g/mol. The van der Waals surface area contributed by atoms with Gasteiger partial charge in [-0.1, -0.05) is 44.9 Å². The van der Waals surface area contributed by atoms with Crippen molar-refractivity contribution in [2.24, 2.45) is 11.8 Å². The van der Waals surface area contributed by atoms with Crippen molar-refractivity contribution in [2.75, 3.05) is 0 Å². The number of nitrogens with one attached hydrogen (secondary N) is 3. The number of hydrogen-bond donors (Lipinski definition) is 3. The summed E-state index contributed by atoms with van der Waals surface area (Å²) in [5, 5.41) is 4.97. The molecule has 3 N–H and O–H groups in total. The first-order chi connectivity index (χ1) is 12.0. The number of fused-ring (bicyclic) bond motifs is 1. The Bertz CT molecular complexity index is 786. The molecule has 1 amide bonds. The van der Waals surface area contributed by atoms with E-state index in [-0.39, 0.29) is 5.91 Å². The van der Waals surface area contributed by atoms with Crippen LogP contribution in [0.2, 0.25) is 0 Å². The average Bonchev–Trinajstić information content (AvgIpc) is 2.94. The maximum Gasteiger partial charge on any atom is 0.280 e. The summed E-state index contributed by atoms with van der Waals surface area (Å²) in [6, 6.07) is 8.43. The molecule has 0 radical (unpaired) electrons. The van der Waals surface area contributed by atoms with Crippen molar-refractivity contribution in [3.63, 3.8) is 0 Å². The van der Waals surface area contributed by atoms with Gasteiger partial charge < -0.3 is 5.32 Å². The summed E-state index contributed by atoms with van der Waals surface area (Å²) < 4.78 is 1.12. The van der Waals surface area contributed by atoms with E-state index in [2.05, 4.69) is 30.0 Å². The van der Waals surface area contributed by atoms with E-state index in [0.717, 1.165) is 26.9 Å². The van der Waals surface area contributed by atoms with Gasteiger partial charge in [-0.15, -0.1) is 11.3 Å². The largest absolute Gasteiger partial charge is 0.358 e. The third kappa shape index (κ3) is 3.96. The summed E-state index contributed by atoms with van der Waals surface area (Å²) in [6.45, 7) is 6.54. The minimum Gasteiger partial charge on any atom is -0.358 e. The fourth-order valence-corrected chi connectivity index (χ4v) is 4.86. The number of aryl methyl sites for hydroxylation is 1. The Labute approximate surface area is 158 Å². The molecule has 3 rings (SSSR count). The maximum atomic E-state index is 12.5. The molecule has 134 valence electrons. The molecule has 2 aromatic rings. The van der Waals surface area contributed by atoms with Crippen molar-refractivity contribution < 1.29 is 4.79 Å². The molecule has 1 aliphatic rings. The molecule has 1 aliphatic carbocycles. The van der Waals surface area contributed by atoms with E-state index in [1.165, 1.54) is 24.2 Å². The summed E-state index contributed by atoms with van der Waals surface area (Å²) in [4.78, 5) is 13.2.